The quantitative estimate of drug-likeness (QED) is 0.594. The van der Waals surface area contributed by atoms with E-state index in [1.807, 2.05) is 24.3 Å². The maximum Gasteiger partial charge on any atom is 0.185 e. The Bertz CT molecular complexity index is 643. The smallest absolute Gasteiger partial charge is 0.185 e. The van der Waals surface area contributed by atoms with Crippen molar-refractivity contribution in [3.63, 3.8) is 0 Å². The van der Waals surface area contributed by atoms with Gasteiger partial charge in [-0.15, -0.1) is 0 Å². The molecule has 0 radical (unpaired) electrons. The first-order valence-corrected chi connectivity index (χ1v) is 6.36. The number of rotatable bonds is 4. The Hall–Kier alpha value is -2.29. The van der Waals surface area contributed by atoms with Crippen LogP contribution >= 0.6 is 0 Å². The summed E-state index contributed by atoms with van der Waals surface area (Å²) >= 11 is 0. The molecule has 0 aliphatic rings. The summed E-state index contributed by atoms with van der Waals surface area (Å²) in [6.07, 6.45) is 3.97. The highest BCUT2D eigenvalue weighted by atomic mass is 19.2. The molecule has 2 rings (SSSR count). The number of carbonyl (C=O) groups is 1. The van der Waals surface area contributed by atoms with Crippen molar-refractivity contribution in [3.05, 3.63) is 76.9 Å². The van der Waals surface area contributed by atoms with E-state index in [4.69, 9.17) is 0 Å². The van der Waals surface area contributed by atoms with Gasteiger partial charge in [0.15, 0.2) is 17.4 Å². The Kier molecular flexibility index (Phi) is 4.41. The first-order valence-electron chi connectivity index (χ1n) is 6.36. The van der Waals surface area contributed by atoms with Gasteiger partial charge in [0.05, 0.1) is 0 Å². The third kappa shape index (κ3) is 3.38. The Morgan fingerprint density at radius 3 is 2.35 bits per heavy atom. The largest absolute Gasteiger partial charge is 0.289 e. The second-order valence-electron chi connectivity index (χ2n) is 4.42. The van der Waals surface area contributed by atoms with Crippen LogP contribution < -0.4 is 0 Å². The van der Waals surface area contributed by atoms with E-state index in [0.717, 1.165) is 24.1 Å². The van der Waals surface area contributed by atoms with Gasteiger partial charge in [-0.2, -0.15) is 0 Å². The van der Waals surface area contributed by atoms with Crippen LogP contribution in [0.4, 0.5) is 8.78 Å². The van der Waals surface area contributed by atoms with Gasteiger partial charge < -0.3 is 0 Å². The van der Waals surface area contributed by atoms with Crippen molar-refractivity contribution >= 4 is 11.9 Å². The molecule has 0 saturated heterocycles. The fourth-order valence-corrected chi connectivity index (χ4v) is 1.78. The normalized spacial score (nSPS) is 10.9. The summed E-state index contributed by atoms with van der Waals surface area (Å²) in [4.78, 5) is 11.8. The van der Waals surface area contributed by atoms with Crippen molar-refractivity contribution in [2.45, 2.75) is 13.3 Å². The minimum Gasteiger partial charge on any atom is -0.289 e. The second kappa shape index (κ2) is 6.24. The lowest BCUT2D eigenvalue weighted by Crippen LogP contribution is -1.96. The summed E-state index contributed by atoms with van der Waals surface area (Å²) < 4.78 is 25.8. The average molecular weight is 272 g/mol. The molecule has 0 spiro atoms. The van der Waals surface area contributed by atoms with Crippen LogP contribution in [0.1, 0.15) is 28.4 Å². The van der Waals surface area contributed by atoms with E-state index in [2.05, 4.69) is 6.92 Å². The molecule has 0 fully saturated rings. The summed E-state index contributed by atoms with van der Waals surface area (Å²) in [6, 6.07) is 10.9. The maximum atomic E-state index is 13.0. The monoisotopic (exact) mass is 272 g/mol. The third-order valence-electron chi connectivity index (χ3n) is 3.02. The number of benzene rings is 2. The highest BCUT2D eigenvalue weighted by molar-refractivity contribution is 6.06. The highest BCUT2D eigenvalue weighted by Gasteiger charge is 2.06. The third-order valence-corrected chi connectivity index (χ3v) is 3.02. The molecule has 0 unspecified atom stereocenters. The van der Waals surface area contributed by atoms with Crippen LogP contribution in [-0.2, 0) is 6.42 Å². The van der Waals surface area contributed by atoms with Crippen LogP contribution in [0.2, 0.25) is 0 Å². The molecular weight excluding hydrogens is 258 g/mol. The molecule has 0 aliphatic carbocycles. The summed E-state index contributed by atoms with van der Waals surface area (Å²) in [5.41, 5.74) is 2.23. The van der Waals surface area contributed by atoms with Gasteiger partial charge in [0.25, 0.3) is 0 Å². The fourth-order valence-electron chi connectivity index (χ4n) is 1.78. The second-order valence-corrected chi connectivity index (χ2v) is 4.42. The highest BCUT2D eigenvalue weighted by Crippen LogP contribution is 2.11. The molecule has 1 nitrogen and oxygen atoms in total. The summed E-state index contributed by atoms with van der Waals surface area (Å²) in [5.74, 6) is -2.33. The molecule has 0 aliphatic heterocycles. The number of allylic oxidation sites excluding steroid dienone is 1. The standard InChI is InChI=1S/C17H14F2O/c1-2-12-3-5-13(6-4-12)7-10-17(20)14-8-9-15(18)16(19)11-14/h3-11H,2H2,1H3. The van der Waals surface area contributed by atoms with Crippen LogP contribution in [0.25, 0.3) is 6.08 Å². The van der Waals surface area contributed by atoms with Gasteiger partial charge in [0.1, 0.15) is 0 Å². The lowest BCUT2D eigenvalue weighted by atomic mass is 10.1. The molecule has 0 saturated carbocycles. The number of carbonyl (C=O) groups excluding carboxylic acids is 1. The average Bonchev–Trinajstić information content (AvgIpc) is 2.48. The van der Waals surface area contributed by atoms with Crippen LogP contribution in [0.15, 0.2) is 48.5 Å². The van der Waals surface area contributed by atoms with Crippen molar-refractivity contribution in [1.82, 2.24) is 0 Å². The molecule has 2 aromatic carbocycles. The molecule has 102 valence electrons. The number of halogens is 2. The van der Waals surface area contributed by atoms with Gasteiger partial charge in [-0.3, -0.25) is 4.79 Å². The van der Waals surface area contributed by atoms with Gasteiger partial charge in [-0.25, -0.2) is 8.78 Å². The fraction of sp³-hybridized carbons (Fsp3) is 0.118. The SMILES string of the molecule is CCc1ccc(C=CC(=O)c2ccc(F)c(F)c2)cc1. The molecule has 0 heterocycles. The van der Waals surface area contributed by atoms with Gasteiger partial charge in [0, 0.05) is 5.56 Å². The van der Waals surface area contributed by atoms with Gasteiger partial charge in [-0.05, 0) is 41.8 Å². The van der Waals surface area contributed by atoms with Crippen molar-refractivity contribution in [3.8, 4) is 0 Å². The van der Waals surface area contributed by atoms with E-state index in [1.165, 1.54) is 17.7 Å². The first-order chi connectivity index (χ1) is 9.60. The maximum absolute atomic E-state index is 13.0. The van der Waals surface area contributed by atoms with Crippen LogP contribution in [0.5, 0.6) is 0 Å². The molecule has 0 amide bonds. The van der Waals surface area contributed by atoms with Crippen molar-refractivity contribution in [2.75, 3.05) is 0 Å². The van der Waals surface area contributed by atoms with Crippen molar-refractivity contribution in [1.29, 1.82) is 0 Å². The Morgan fingerprint density at radius 1 is 1.05 bits per heavy atom. The number of ketones is 1. The van der Waals surface area contributed by atoms with E-state index in [0.29, 0.717) is 0 Å². The van der Waals surface area contributed by atoms with E-state index in [1.54, 1.807) is 6.08 Å². The molecule has 20 heavy (non-hydrogen) atoms. The molecule has 2 aromatic rings. The molecule has 0 atom stereocenters. The Balaban J connectivity index is 2.13. The molecular formula is C17H14F2O. The zero-order chi connectivity index (χ0) is 14.5. The lowest BCUT2D eigenvalue weighted by Gasteiger charge is -1.99. The van der Waals surface area contributed by atoms with Crippen molar-refractivity contribution < 1.29 is 13.6 Å². The van der Waals surface area contributed by atoms with E-state index in [-0.39, 0.29) is 11.3 Å². The van der Waals surface area contributed by atoms with Gasteiger partial charge >= 0.3 is 0 Å². The van der Waals surface area contributed by atoms with Crippen LogP contribution in [-0.4, -0.2) is 5.78 Å². The molecule has 0 aromatic heterocycles. The van der Waals surface area contributed by atoms with Crippen LogP contribution in [0.3, 0.4) is 0 Å². The Labute approximate surface area is 116 Å². The zero-order valence-electron chi connectivity index (χ0n) is 11.1. The van der Waals surface area contributed by atoms with Gasteiger partial charge in [0.2, 0.25) is 0 Å². The number of hydrogen-bond donors (Lipinski definition) is 0. The summed E-state index contributed by atoms with van der Waals surface area (Å²) in [7, 11) is 0. The van der Waals surface area contributed by atoms with Crippen LogP contribution in [0, 0.1) is 11.6 Å². The lowest BCUT2D eigenvalue weighted by molar-refractivity contribution is 0.104. The predicted molar refractivity (Wildman–Crippen MR) is 75.5 cm³/mol. The predicted octanol–water partition coefficient (Wildman–Crippen LogP) is 4.42. The zero-order valence-corrected chi connectivity index (χ0v) is 11.1. The molecule has 3 heteroatoms. The Morgan fingerprint density at radius 2 is 1.75 bits per heavy atom. The topological polar surface area (TPSA) is 17.1 Å². The van der Waals surface area contributed by atoms with E-state index >= 15 is 0 Å². The molecule has 0 N–H and O–H groups in total. The van der Waals surface area contributed by atoms with E-state index in [9.17, 15) is 13.6 Å². The first kappa shape index (κ1) is 14.1. The summed E-state index contributed by atoms with van der Waals surface area (Å²) in [5, 5.41) is 0. The number of aryl methyl sites for hydroxylation is 1. The molecule has 0 bridgehead atoms. The summed E-state index contributed by atoms with van der Waals surface area (Å²) in [6.45, 7) is 2.07. The minimum atomic E-state index is -1.02. The van der Waals surface area contributed by atoms with E-state index < -0.39 is 11.6 Å². The van der Waals surface area contributed by atoms with Crippen molar-refractivity contribution in [2.24, 2.45) is 0 Å². The number of hydrogen-bond acceptors (Lipinski definition) is 1. The minimum absolute atomic E-state index is 0.130. The van der Waals surface area contributed by atoms with Gasteiger partial charge in [-0.1, -0.05) is 37.3 Å².